The molecule has 1 N–H and O–H groups in total. The van der Waals surface area contributed by atoms with Gasteiger partial charge in [-0.1, -0.05) is 41.4 Å². The van der Waals surface area contributed by atoms with Gasteiger partial charge in [-0.05, 0) is 12.8 Å². The first-order valence-corrected chi connectivity index (χ1v) is 6.56. The van der Waals surface area contributed by atoms with Crippen LogP contribution in [0.3, 0.4) is 0 Å². The summed E-state index contributed by atoms with van der Waals surface area (Å²) in [4.78, 5) is 0. The van der Waals surface area contributed by atoms with E-state index < -0.39 is 0 Å². The van der Waals surface area contributed by atoms with Crippen LogP contribution in [0.1, 0.15) is 32.6 Å². The standard InChI is InChI=1S/C8H16OS2/c1-2-10-11-8(7-9)5-3-4-6-8/h9H,2-7H2,1H3. The van der Waals surface area contributed by atoms with Gasteiger partial charge in [-0.15, -0.1) is 0 Å². The maximum atomic E-state index is 9.21. The van der Waals surface area contributed by atoms with Gasteiger partial charge in [0.05, 0.1) is 6.61 Å². The highest BCUT2D eigenvalue weighted by Gasteiger charge is 2.33. The van der Waals surface area contributed by atoms with Crippen molar-refractivity contribution in [2.75, 3.05) is 12.4 Å². The molecule has 0 unspecified atom stereocenters. The molecule has 1 aliphatic rings. The summed E-state index contributed by atoms with van der Waals surface area (Å²) in [5, 5.41) is 9.21. The zero-order valence-corrected chi connectivity index (χ0v) is 8.64. The molecule has 11 heavy (non-hydrogen) atoms. The molecule has 0 aliphatic heterocycles. The summed E-state index contributed by atoms with van der Waals surface area (Å²) in [6, 6.07) is 0. The minimum absolute atomic E-state index is 0.223. The summed E-state index contributed by atoms with van der Waals surface area (Å²) in [6.45, 7) is 2.53. The fraction of sp³-hybridized carbons (Fsp3) is 1.00. The van der Waals surface area contributed by atoms with Crippen molar-refractivity contribution in [3.63, 3.8) is 0 Å². The lowest BCUT2D eigenvalue weighted by Gasteiger charge is -2.24. The van der Waals surface area contributed by atoms with Crippen LogP contribution in [0.5, 0.6) is 0 Å². The van der Waals surface area contributed by atoms with Crippen molar-refractivity contribution in [2.45, 2.75) is 37.4 Å². The summed E-state index contributed by atoms with van der Waals surface area (Å²) >= 11 is 0. The van der Waals surface area contributed by atoms with Gasteiger partial charge in [-0.3, -0.25) is 0 Å². The molecule has 0 spiro atoms. The summed E-state index contributed by atoms with van der Waals surface area (Å²) in [5.74, 6) is 1.15. The molecule has 3 heteroatoms. The summed E-state index contributed by atoms with van der Waals surface area (Å²) in [5.41, 5.74) is 0. The molecule has 0 aromatic carbocycles. The second-order valence-corrected chi connectivity index (χ2v) is 6.09. The van der Waals surface area contributed by atoms with Gasteiger partial charge >= 0.3 is 0 Å². The van der Waals surface area contributed by atoms with Crippen LogP contribution in [0.4, 0.5) is 0 Å². The lowest BCUT2D eigenvalue weighted by Crippen LogP contribution is -2.23. The van der Waals surface area contributed by atoms with Gasteiger partial charge in [-0.2, -0.15) is 0 Å². The quantitative estimate of drug-likeness (QED) is 0.692. The molecule has 1 rings (SSSR count). The Morgan fingerprint density at radius 2 is 2.00 bits per heavy atom. The smallest absolute Gasteiger partial charge is 0.0586 e. The zero-order valence-electron chi connectivity index (χ0n) is 7.01. The van der Waals surface area contributed by atoms with Crippen LogP contribution in [0.2, 0.25) is 0 Å². The minimum atomic E-state index is 0.223. The Hall–Kier alpha value is 0.660. The Kier molecular flexibility index (Phi) is 4.10. The summed E-state index contributed by atoms with van der Waals surface area (Å²) in [6.07, 6.45) is 5.03. The third-order valence-corrected chi connectivity index (χ3v) is 5.52. The molecule has 0 radical (unpaired) electrons. The first kappa shape index (κ1) is 9.75. The second kappa shape index (κ2) is 4.63. The fourth-order valence-electron chi connectivity index (χ4n) is 1.47. The largest absolute Gasteiger partial charge is 0.395 e. The van der Waals surface area contributed by atoms with E-state index in [4.69, 9.17) is 0 Å². The number of aliphatic hydroxyl groups is 1. The highest BCUT2D eigenvalue weighted by molar-refractivity contribution is 8.77. The van der Waals surface area contributed by atoms with Crippen molar-refractivity contribution >= 4 is 21.6 Å². The Morgan fingerprint density at radius 3 is 2.45 bits per heavy atom. The SMILES string of the molecule is CCSSC1(CO)CCCC1. The normalized spacial score (nSPS) is 22.4. The Bertz CT molecular complexity index is 111. The number of rotatable bonds is 4. The van der Waals surface area contributed by atoms with Gasteiger partial charge in [0, 0.05) is 10.5 Å². The molecule has 0 aromatic heterocycles. The molecule has 0 bridgehead atoms. The lowest BCUT2D eigenvalue weighted by molar-refractivity contribution is 0.250. The maximum Gasteiger partial charge on any atom is 0.0586 e. The van der Waals surface area contributed by atoms with Gasteiger partial charge in [0.2, 0.25) is 0 Å². The average Bonchev–Trinajstić information content (AvgIpc) is 2.50. The molecule has 0 saturated heterocycles. The average molecular weight is 192 g/mol. The zero-order chi connectivity index (χ0) is 8.16. The van der Waals surface area contributed by atoms with E-state index in [1.165, 1.54) is 25.7 Å². The molecule has 1 aliphatic carbocycles. The summed E-state index contributed by atoms with van der Waals surface area (Å²) in [7, 11) is 3.78. The predicted molar refractivity (Wildman–Crippen MR) is 54.0 cm³/mol. The third-order valence-electron chi connectivity index (χ3n) is 2.16. The second-order valence-electron chi connectivity index (χ2n) is 3.04. The molecule has 0 aromatic rings. The van der Waals surface area contributed by atoms with E-state index in [9.17, 15) is 5.11 Å². The van der Waals surface area contributed by atoms with Crippen molar-refractivity contribution in [3.05, 3.63) is 0 Å². The van der Waals surface area contributed by atoms with Gasteiger partial charge in [0.25, 0.3) is 0 Å². The van der Waals surface area contributed by atoms with Crippen LogP contribution >= 0.6 is 21.6 Å². The molecule has 1 fully saturated rings. The Labute approximate surface area is 76.7 Å². The van der Waals surface area contributed by atoms with Crippen molar-refractivity contribution < 1.29 is 5.11 Å². The van der Waals surface area contributed by atoms with Crippen LogP contribution in [-0.4, -0.2) is 22.2 Å². The van der Waals surface area contributed by atoms with Crippen LogP contribution in [-0.2, 0) is 0 Å². The van der Waals surface area contributed by atoms with E-state index in [2.05, 4.69) is 6.92 Å². The fourth-order valence-corrected chi connectivity index (χ4v) is 4.11. The van der Waals surface area contributed by atoms with Gasteiger partial charge in [-0.25, -0.2) is 0 Å². The number of hydrogen-bond acceptors (Lipinski definition) is 3. The van der Waals surface area contributed by atoms with Crippen LogP contribution in [0.25, 0.3) is 0 Å². The molecule has 1 nitrogen and oxygen atoms in total. The minimum Gasteiger partial charge on any atom is -0.395 e. The van der Waals surface area contributed by atoms with Crippen LogP contribution < -0.4 is 0 Å². The number of hydrogen-bond donors (Lipinski definition) is 1. The molecular weight excluding hydrogens is 176 g/mol. The van der Waals surface area contributed by atoms with Crippen LogP contribution in [0, 0.1) is 0 Å². The maximum absolute atomic E-state index is 9.21. The molecule has 1 saturated carbocycles. The van der Waals surface area contributed by atoms with Gasteiger partial charge in [0.1, 0.15) is 0 Å². The van der Waals surface area contributed by atoms with E-state index >= 15 is 0 Å². The van der Waals surface area contributed by atoms with Crippen LogP contribution in [0.15, 0.2) is 0 Å². The molecule has 0 heterocycles. The van der Waals surface area contributed by atoms with Crippen molar-refractivity contribution in [1.29, 1.82) is 0 Å². The highest BCUT2D eigenvalue weighted by Crippen LogP contribution is 2.46. The lowest BCUT2D eigenvalue weighted by atomic mass is 10.1. The van der Waals surface area contributed by atoms with E-state index in [0.29, 0.717) is 6.61 Å². The van der Waals surface area contributed by atoms with Crippen molar-refractivity contribution in [2.24, 2.45) is 0 Å². The van der Waals surface area contributed by atoms with Gasteiger partial charge in [0.15, 0.2) is 0 Å². The first-order valence-electron chi connectivity index (χ1n) is 4.24. The third kappa shape index (κ3) is 2.56. The monoisotopic (exact) mass is 192 g/mol. The topological polar surface area (TPSA) is 20.2 Å². The van der Waals surface area contributed by atoms with E-state index in [1.807, 2.05) is 21.6 Å². The van der Waals surface area contributed by atoms with E-state index in [0.717, 1.165) is 5.75 Å². The molecule has 0 atom stereocenters. The Morgan fingerprint density at radius 1 is 1.36 bits per heavy atom. The Balaban J connectivity index is 2.33. The predicted octanol–water partition coefficient (Wildman–Crippen LogP) is 2.69. The van der Waals surface area contributed by atoms with Crippen molar-refractivity contribution in [3.8, 4) is 0 Å². The van der Waals surface area contributed by atoms with E-state index in [1.54, 1.807) is 0 Å². The van der Waals surface area contributed by atoms with E-state index in [-0.39, 0.29) is 4.75 Å². The molecular formula is C8H16OS2. The van der Waals surface area contributed by atoms with Gasteiger partial charge < -0.3 is 5.11 Å². The first-order chi connectivity index (χ1) is 5.33. The number of aliphatic hydroxyl groups excluding tert-OH is 1. The molecule has 66 valence electrons. The molecule has 0 amide bonds. The summed E-state index contributed by atoms with van der Waals surface area (Å²) < 4.78 is 0.223. The highest BCUT2D eigenvalue weighted by atomic mass is 33.1. The van der Waals surface area contributed by atoms with Crippen molar-refractivity contribution in [1.82, 2.24) is 0 Å².